The Labute approximate surface area is 331 Å². The molecule has 11 aromatic rings. The second-order valence-electron chi connectivity index (χ2n) is 14.6. The van der Waals surface area contributed by atoms with Crippen LogP contribution >= 0.6 is 11.3 Å². The van der Waals surface area contributed by atoms with E-state index in [1.165, 1.54) is 25.7 Å². The molecule has 0 unspecified atom stereocenters. The van der Waals surface area contributed by atoms with Gasteiger partial charge in [0.1, 0.15) is 22.5 Å². The van der Waals surface area contributed by atoms with Crippen LogP contribution in [0.2, 0.25) is 0 Å². The Morgan fingerprint density at radius 2 is 1.14 bits per heavy atom. The Morgan fingerprint density at radius 3 is 2.05 bits per heavy atom. The summed E-state index contributed by atoms with van der Waals surface area (Å²) in [4.78, 5) is 15.7. The van der Waals surface area contributed by atoms with Gasteiger partial charge in [0.15, 0.2) is 17.5 Å². The number of hydrogen-bond donors (Lipinski definition) is 0. The molecule has 0 atom stereocenters. The van der Waals surface area contributed by atoms with E-state index in [-0.39, 0.29) is 0 Å². The molecule has 0 bridgehead atoms. The quantitative estimate of drug-likeness (QED) is 0.175. The van der Waals surface area contributed by atoms with Crippen molar-refractivity contribution in [2.75, 3.05) is 0 Å². The van der Waals surface area contributed by atoms with Crippen LogP contribution in [0.1, 0.15) is 17.7 Å². The van der Waals surface area contributed by atoms with E-state index in [1.807, 2.05) is 29.5 Å². The fourth-order valence-electron chi connectivity index (χ4n) is 8.53. The van der Waals surface area contributed by atoms with E-state index in [4.69, 9.17) is 23.8 Å². The molecule has 0 aliphatic heterocycles. The fourth-order valence-corrected chi connectivity index (χ4v) is 9.66. The highest BCUT2D eigenvalue weighted by atomic mass is 32.1. The molecule has 4 aromatic heterocycles. The van der Waals surface area contributed by atoms with Gasteiger partial charge in [0.25, 0.3) is 0 Å². The SMILES string of the molecule is C1=Cc2c(oc3c(-c4nc(-c5ccc(-c6ccccc6)cc5)nc(-c5cccc6oc7ccc(-c8cccc9sc%10ccccc%10c89)cc7c56)n4)cccc23)CC1. The summed E-state index contributed by atoms with van der Waals surface area (Å²) in [6.07, 6.45) is 6.22. The van der Waals surface area contributed by atoms with E-state index in [2.05, 4.69) is 146 Å². The van der Waals surface area contributed by atoms with Gasteiger partial charge in [-0.2, -0.15) is 0 Å². The molecule has 0 saturated heterocycles. The van der Waals surface area contributed by atoms with Crippen LogP contribution in [0.25, 0.3) is 116 Å². The van der Waals surface area contributed by atoms with Crippen molar-refractivity contribution in [3.8, 4) is 56.4 Å². The van der Waals surface area contributed by atoms with Gasteiger partial charge in [-0.3, -0.25) is 0 Å². The third-order valence-electron chi connectivity index (χ3n) is 11.2. The second-order valence-corrected chi connectivity index (χ2v) is 15.7. The van der Waals surface area contributed by atoms with Crippen molar-refractivity contribution >= 4 is 70.5 Å². The van der Waals surface area contributed by atoms with Crippen LogP contribution in [-0.2, 0) is 6.42 Å². The van der Waals surface area contributed by atoms with Crippen LogP contribution in [0.3, 0.4) is 0 Å². The maximum Gasteiger partial charge on any atom is 0.167 e. The Balaban J connectivity index is 1.07. The van der Waals surface area contributed by atoms with Crippen LogP contribution in [0.5, 0.6) is 0 Å². The Bertz CT molecular complexity index is 3410. The largest absolute Gasteiger partial charge is 0.460 e. The minimum Gasteiger partial charge on any atom is -0.460 e. The van der Waals surface area contributed by atoms with Crippen LogP contribution in [0, 0.1) is 0 Å². The average molecular weight is 750 g/mol. The van der Waals surface area contributed by atoms with Gasteiger partial charge in [-0.1, -0.05) is 127 Å². The molecule has 4 heterocycles. The van der Waals surface area contributed by atoms with Gasteiger partial charge in [-0.25, -0.2) is 15.0 Å². The van der Waals surface area contributed by atoms with Crippen molar-refractivity contribution in [1.29, 1.82) is 0 Å². The second kappa shape index (κ2) is 12.7. The number of benzene rings is 7. The van der Waals surface area contributed by atoms with E-state index in [0.29, 0.717) is 17.5 Å². The molecule has 0 amide bonds. The third kappa shape index (κ3) is 5.18. The van der Waals surface area contributed by atoms with Crippen molar-refractivity contribution in [2.24, 2.45) is 0 Å². The first-order valence-electron chi connectivity index (χ1n) is 19.2. The Hall–Kier alpha value is -7.15. The molecule has 12 rings (SSSR count). The molecule has 7 aromatic carbocycles. The predicted molar refractivity (Wildman–Crippen MR) is 234 cm³/mol. The molecule has 5 nitrogen and oxygen atoms in total. The Kier molecular flexibility index (Phi) is 7.16. The number of aromatic nitrogens is 3. The minimum absolute atomic E-state index is 0.560. The highest BCUT2D eigenvalue weighted by molar-refractivity contribution is 7.25. The summed E-state index contributed by atoms with van der Waals surface area (Å²) < 4.78 is 15.7. The number of hydrogen-bond acceptors (Lipinski definition) is 6. The molecule has 57 heavy (non-hydrogen) atoms. The van der Waals surface area contributed by atoms with E-state index < -0.39 is 0 Å². The number of rotatable bonds is 5. The summed E-state index contributed by atoms with van der Waals surface area (Å²) in [7, 11) is 0. The molecule has 0 radical (unpaired) electrons. The molecule has 1 aliphatic rings. The predicted octanol–water partition coefficient (Wildman–Crippen LogP) is 14.2. The molecule has 0 N–H and O–H groups in total. The lowest BCUT2D eigenvalue weighted by atomic mass is 9.97. The maximum absolute atomic E-state index is 6.59. The van der Waals surface area contributed by atoms with Crippen molar-refractivity contribution in [1.82, 2.24) is 15.0 Å². The first kappa shape index (κ1) is 32.1. The fraction of sp³-hybridized carbons (Fsp3) is 0.0392. The molecule has 6 heteroatoms. The van der Waals surface area contributed by atoms with Crippen molar-refractivity contribution in [3.05, 3.63) is 169 Å². The lowest BCUT2D eigenvalue weighted by molar-refractivity contribution is 0.547. The number of furan rings is 2. The normalized spacial score (nSPS) is 12.7. The van der Waals surface area contributed by atoms with Crippen molar-refractivity contribution in [3.63, 3.8) is 0 Å². The number of fused-ring (bicyclic) bond motifs is 9. The number of para-hydroxylation sites is 1. The van der Waals surface area contributed by atoms with Gasteiger partial charge >= 0.3 is 0 Å². The molecular weight excluding hydrogens is 719 g/mol. The van der Waals surface area contributed by atoms with Gasteiger partial charge in [0.05, 0.1) is 5.56 Å². The highest BCUT2D eigenvalue weighted by Gasteiger charge is 2.23. The topological polar surface area (TPSA) is 65.0 Å². The minimum atomic E-state index is 0.560. The molecule has 1 aliphatic carbocycles. The van der Waals surface area contributed by atoms with Crippen LogP contribution in [0.4, 0.5) is 0 Å². The number of allylic oxidation sites excluding steroid dienone is 1. The number of thiophene rings is 1. The lowest BCUT2D eigenvalue weighted by Gasteiger charge is -2.10. The first-order chi connectivity index (χ1) is 28.2. The zero-order valence-corrected chi connectivity index (χ0v) is 31.4. The summed E-state index contributed by atoms with van der Waals surface area (Å²) in [6.45, 7) is 0. The Morgan fingerprint density at radius 1 is 0.456 bits per heavy atom. The van der Waals surface area contributed by atoms with Gasteiger partial charge in [0.2, 0.25) is 0 Å². The summed E-state index contributed by atoms with van der Waals surface area (Å²) in [5.41, 5.74) is 10.8. The summed E-state index contributed by atoms with van der Waals surface area (Å²) in [6, 6.07) is 53.0. The van der Waals surface area contributed by atoms with E-state index >= 15 is 0 Å². The smallest absolute Gasteiger partial charge is 0.167 e. The van der Waals surface area contributed by atoms with Crippen molar-refractivity contribution < 1.29 is 8.83 Å². The van der Waals surface area contributed by atoms with Gasteiger partial charge < -0.3 is 8.83 Å². The molecule has 0 spiro atoms. The molecule has 0 saturated carbocycles. The van der Waals surface area contributed by atoms with Crippen LogP contribution in [-0.4, -0.2) is 15.0 Å². The zero-order chi connectivity index (χ0) is 37.5. The van der Waals surface area contributed by atoms with Gasteiger partial charge in [0, 0.05) is 59.4 Å². The number of aryl methyl sites for hydroxylation is 1. The molecular formula is C51H31N3O2S. The van der Waals surface area contributed by atoms with E-state index in [9.17, 15) is 0 Å². The van der Waals surface area contributed by atoms with Crippen LogP contribution in [0.15, 0.2) is 167 Å². The van der Waals surface area contributed by atoms with Gasteiger partial charge in [-0.15, -0.1) is 11.3 Å². The number of nitrogens with zero attached hydrogens (tertiary/aromatic N) is 3. The third-order valence-corrected chi connectivity index (χ3v) is 12.4. The first-order valence-corrected chi connectivity index (χ1v) is 20.0. The van der Waals surface area contributed by atoms with E-state index in [0.717, 1.165) is 90.5 Å². The maximum atomic E-state index is 6.59. The van der Waals surface area contributed by atoms with Crippen molar-refractivity contribution in [2.45, 2.75) is 12.8 Å². The van der Waals surface area contributed by atoms with Gasteiger partial charge in [-0.05, 0) is 65.1 Å². The summed E-state index contributed by atoms with van der Waals surface area (Å²) in [5.74, 6) is 2.72. The summed E-state index contributed by atoms with van der Waals surface area (Å²) >= 11 is 1.83. The summed E-state index contributed by atoms with van der Waals surface area (Å²) in [5, 5.41) is 5.60. The standard InChI is InChI=1S/C51H31N3O2S/c1-2-11-30(12-3-1)31-23-25-32(26-24-31)49-52-50(54-51(53-49)39-18-8-16-36-35-13-4-6-19-41(35)56-48(36)39)38-17-9-20-43-46(38)40-29-33(27-28-42(40)55-43)34-15-10-22-45-47(34)37-14-5-7-21-44(37)57-45/h1-5,7-18,20-29H,6,19H2. The lowest BCUT2D eigenvalue weighted by Crippen LogP contribution is -2.00. The molecule has 268 valence electrons. The van der Waals surface area contributed by atoms with E-state index in [1.54, 1.807) is 0 Å². The highest BCUT2D eigenvalue weighted by Crippen LogP contribution is 2.43. The monoisotopic (exact) mass is 749 g/mol. The average Bonchev–Trinajstić information content (AvgIpc) is 3.98. The van der Waals surface area contributed by atoms with Crippen LogP contribution < -0.4 is 0 Å². The molecule has 0 fully saturated rings. The zero-order valence-electron chi connectivity index (χ0n) is 30.6.